The van der Waals surface area contributed by atoms with Gasteiger partial charge >= 0.3 is 0 Å². The Kier molecular flexibility index (Phi) is 7.52. The van der Waals surface area contributed by atoms with Gasteiger partial charge in [0.05, 0.1) is 11.7 Å². The summed E-state index contributed by atoms with van der Waals surface area (Å²) in [6, 6.07) is 20.3. The number of hydrogen-bond acceptors (Lipinski definition) is 8. The topological polar surface area (TPSA) is 137 Å². The number of pyridine rings is 1. The number of halogens is 2. The van der Waals surface area contributed by atoms with E-state index >= 15 is 0 Å². The number of benzene rings is 2. The lowest BCUT2D eigenvalue weighted by atomic mass is 10.1. The summed E-state index contributed by atoms with van der Waals surface area (Å²) in [5, 5.41) is 12.5. The number of carbonyl (C=O) groups is 1. The highest BCUT2D eigenvalue weighted by Crippen LogP contribution is 2.28. The number of H-pyrrole nitrogens is 1. The van der Waals surface area contributed by atoms with Crippen molar-refractivity contribution in [3.63, 3.8) is 0 Å². The van der Waals surface area contributed by atoms with Gasteiger partial charge in [0.2, 0.25) is 11.5 Å². The number of hydrogen-bond donors (Lipinski definition) is 4. The summed E-state index contributed by atoms with van der Waals surface area (Å²) in [6.07, 6.45) is 5.32. The number of aromatic amines is 1. The van der Waals surface area contributed by atoms with Gasteiger partial charge in [0.1, 0.15) is 22.5 Å². The Morgan fingerprint density at radius 3 is 2.61 bits per heavy atom. The van der Waals surface area contributed by atoms with Gasteiger partial charge in [0.15, 0.2) is 0 Å². The number of aromatic nitrogens is 3. The lowest BCUT2D eigenvalue weighted by molar-refractivity contribution is -0.117. The molecule has 192 valence electrons. The molecule has 0 radical (unpaired) electrons. The zero-order chi connectivity index (χ0) is 26.5. The highest BCUT2D eigenvalue weighted by molar-refractivity contribution is 6.31. The van der Waals surface area contributed by atoms with Gasteiger partial charge in [-0.3, -0.25) is 4.79 Å². The number of hydrazine groups is 1. The maximum Gasteiger partial charge on any atom is 0.244 e. The molecule has 0 bridgehead atoms. The van der Waals surface area contributed by atoms with E-state index < -0.39 is 11.7 Å². The second-order valence-electron chi connectivity index (χ2n) is 8.43. The van der Waals surface area contributed by atoms with E-state index in [0.29, 0.717) is 34.5 Å². The number of alkyl halides is 1. The minimum atomic E-state index is -0.615. The summed E-state index contributed by atoms with van der Waals surface area (Å²) < 4.78 is 0. The minimum absolute atomic E-state index is 0.280. The molecule has 1 aliphatic rings. The summed E-state index contributed by atoms with van der Waals surface area (Å²) in [5.74, 6) is 0.650. The standard InChI is InChI=1S/C26H23Cl2N9O/c27-24-23(18-9-12-21(29)30-15-18)32-25(33-24)20(14-17-4-2-1-3-5-17)31-22(38)13-8-16-6-10-19(11-7-16)37-26(28)34-35-36-37/h1-13,15,20,26H,14H2,(H2,29,30)(H,31,38)(H,32,33)(H,34,36)/b13-8+/t20-,26?/m0/s1. The molecule has 0 aliphatic carbocycles. The maximum absolute atomic E-state index is 13.0. The van der Waals surface area contributed by atoms with E-state index in [-0.39, 0.29) is 5.91 Å². The minimum Gasteiger partial charge on any atom is -0.384 e. The van der Waals surface area contributed by atoms with Crippen molar-refractivity contribution in [2.75, 3.05) is 10.7 Å². The van der Waals surface area contributed by atoms with Crippen molar-refractivity contribution in [2.24, 2.45) is 10.3 Å². The van der Waals surface area contributed by atoms with E-state index in [1.807, 2.05) is 54.6 Å². The smallest absolute Gasteiger partial charge is 0.244 e. The van der Waals surface area contributed by atoms with Crippen molar-refractivity contribution < 1.29 is 4.79 Å². The van der Waals surface area contributed by atoms with E-state index in [9.17, 15) is 4.79 Å². The molecule has 0 saturated heterocycles. The summed E-state index contributed by atoms with van der Waals surface area (Å²) in [4.78, 5) is 24.9. The van der Waals surface area contributed by atoms with Crippen LogP contribution in [0.15, 0.2) is 89.3 Å². The molecule has 5 N–H and O–H groups in total. The van der Waals surface area contributed by atoms with Crippen LogP contribution in [0.2, 0.25) is 5.15 Å². The first kappa shape index (κ1) is 25.2. The Hall–Kier alpha value is -4.41. The number of nitrogens with two attached hydrogens (primary N) is 1. The third-order valence-electron chi connectivity index (χ3n) is 5.78. The lowest BCUT2D eigenvalue weighted by Gasteiger charge is -2.18. The first-order valence-corrected chi connectivity index (χ1v) is 12.5. The summed E-state index contributed by atoms with van der Waals surface area (Å²) in [7, 11) is 0. The van der Waals surface area contributed by atoms with Gasteiger partial charge in [-0.1, -0.05) is 70.9 Å². The molecule has 10 nitrogen and oxygen atoms in total. The Balaban J connectivity index is 1.32. The van der Waals surface area contributed by atoms with E-state index in [0.717, 1.165) is 16.8 Å². The quantitative estimate of drug-likeness (QED) is 0.138. The predicted molar refractivity (Wildman–Crippen MR) is 148 cm³/mol. The van der Waals surface area contributed by atoms with Crippen LogP contribution in [0, 0.1) is 0 Å². The first-order valence-electron chi connectivity index (χ1n) is 11.6. The van der Waals surface area contributed by atoms with Crippen molar-refractivity contribution in [1.82, 2.24) is 25.8 Å². The van der Waals surface area contributed by atoms with Crippen LogP contribution in [0.5, 0.6) is 0 Å². The molecule has 5 rings (SSSR count). The van der Waals surface area contributed by atoms with Crippen LogP contribution in [0.1, 0.15) is 23.0 Å². The van der Waals surface area contributed by atoms with Gasteiger partial charge in [-0.25, -0.2) is 15.0 Å². The number of nitrogens with one attached hydrogen (secondary N) is 3. The molecule has 2 aromatic carbocycles. The normalized spacial score (nSPS) is 15.5. The average Bonchev–Trinajstić information content (AvgIpc) is 3.54. The van der Waals surface area contributed by atoms with E-state index in [2.05, 4.69) is 36.1 Å². The fourth-order valence-electron chi connectivity index (χ4n) is 3.88. The lowest BCUT2D eigenvalue weighted by Crippen LogP contribution is -2.34. The SMILES string of the molecule is Nc1ccc(-c2nc([C@H](Cc3ccccc3)NC(=O)/C=C/c3ccc(N4NN=NC4Cl)cc3)[nH]c2Cl)cn1. The number of imidazole rings is 1. The van der Waals surface area contributed by atoms with Crippen LogP contribution in [-0.4, -0.2) is 26.5 Å². The zero-order valence-electron chi connectivity index (χ0n) is 19.9. The Morgan fingerprint density at radius 2 is 1.92 bits per heavy atom. The Morgan fingerprint density at radius 1 is 1.13 bits per heavy atom. The molecule has 3 heterocycles. The van der Waals surface area contributed by atoms with E-state index in [1.165, 1.54) is 6.08 Å². The molecule has 2 atom stereocenters. The van der Waals surface area contributed by atoms with Crippen LogP contribution in [0.25, 0.3) is 17.3 Å². The molecule has 4 aromatic rings. The van der Waals surface area contributed by atoms with Gasteiger partial charge in [-0.15, -0.1) is 5.11 Å². The van der Waals surface area contributed by atoms with Crippen LogP contribution < -0.4 is 21.6 Å². The number of nitrogens with zero attached hydrogens (tertiary/aromatic N) is 5. The van der Waals surface area contributed by atoms with E-state index in [4.69, 9.17) is 28.9 Å². The molecule has 0 fully saturated rings. The number of rotatable bonds is 8. The molecule has 12 heteroatoms. The molecular formula is C26H23Cl2N9O. The summed E-state index contributed by atoms with van der Waals surface area (Å²) in [5.41, 5.74) is 11.7. The molecule has 1 unspecified atom stereocenters. The van der Waals surface area contributed by atoms with Crippen molar-refractivity contribution in [1.29, 1.82) is 0 Å². The van der Waals surface area contributed by atoms with Crippen LogP contribution in [0.4, 0.5) is 11.5 Å². The molecule has 0 spiro atoms. The number of nitrogen functional groups attached to an aromatic ring is 1. The third kappa shape index (κ3) is 5.93. The third-order valence-corrected chi connectivity index (χ3v) is 6.34. The van der Waals surface area contributed by atoms with Gasteiger partial charge < -0.3 is 16.0 Å². The largest absolute Gasteiger partial charge is 0.384 e. The van der Waals surface area contributed by atoms with Crippen molar-refractivity contribution in [3.05, 3.63) is 101 Å². The molecule has 1 amide bonds. The molecule has 38 heavy (non-hydrogen) atoms. The second-order valence-corrected chi connectivity index (χ2v) is 9.20. The van der Waals surface area contributed by atoms with Gasteiger partial charge in [-0.05, 0) is 47.9 Å². The zero-order valence-corrected chi connectivity index (χ0v) is 21.4. The van der Waals surface area contributed by atoms with Gasteiger partial charge in [0.25, 0.3) is 0 Å². The fourth-order valence-corrected chi connectivity index (χ4v) is 4.32. The highest BCUT2D eigenvalue weighted by atomic mass is 35.5. The monoisotopic (exact) mass is 547 g/mol. The van der Waals surface area contributed by atoms with E-state index in [1.54, 1.807) is 29.4 Å². The van der Waals surface area contributed by atoms with Gasteiger partial charge in [-0.2, -0.15) is 5.53 Å². The van der Waals surface area contributed by atoms with Crippen LogP contribution >= 0.6 is 23.2 Å². The van der Waals surface area contributed by atoms with Crippen LogP contribution in [0.3, 0.4) is 0 Å². The van der Waals surface area contributed by atoms with Gasteiger partial charge in [0, 0.05) is 17.8 Å². The first-order chi connectivity index (χ1) is 18.5. The molecule has 2 aromatic heterocycles. The summed E-state index contributed by atoms with van der Waals surface area (Å²) in [6.45, 7) is 0. The van der Waals surface area contributed by atoms with Crippen LogP contribution in [-0.2, 0) is 11.2 Å². The Bertz CT molecular complexity index is 1450. The second kappa shape index (κ2) is 11.3. The molecule has 0 saturated carbocycles. The maximum atomic E-state index is 13.0. The number of anilines is 2. The predicted octanol–water partition coefficient (Wildman–Crippen LogP) is 5.03. The average molecular weight is 548 g/mol. The molecule has 1 aliphatic heterocycles. The van der Waals surface area contributed by atoms with Crippen molar-refractivity contribution in [3.8, 4) is 11.3 Å². The highest BCUT2D eigenvalue weighted by Gasteiger charge is 2.22. The number of carbonyl (C=O) groups excluding carboxylic acids is 1. The molecular weight excluding hydrogens is 525 g/mol. The van der Waals surface area contributed by atoms with Crippen molar-refractivity contribution >= 4 is 46.7 Å². The fraction of sp³-hybridized carbons (Fsp3) is 0.115. The van der Waals surface area contributed by atoms with Crippen molar-refractivity contribution in [2.45, 2.75) is 18.1 Å². The Labute approximate surface area is 228 Å². The summed E-state index contributed by atoms with van der Waals surface area (Å²) >= 11 is 12.6. The number of amides is 1.